The third-order valence-corrected chi connectivity index (χ3v) is 8.33. The Morgan fingerprint density at radius 2 is 1.86 bits per heavy atom. The molecule has 1 aromatic heterocycles. The van der Waals surface area contributed by atoms with Gasteiger partial charge in [-0.05, 0) is 73.0 Å². The first kappa shape index (κ1) is 31.1. The van der Waals surface area contributed by atoms with Gasteiger partial charge in [0.2, 0.25) is 0 Å². The maximum absolute atomic E-state index is 13.9. The quantitative estimate of drug-likeness (QED) is 0.241. The Balaban J connectivity index is 1.55. The van der Waals surface area contributed by atoms with E-state index in [0.29, 0.717) is 42.5 Å². The predicted molar refractivity (Wildman–Crippen MR) is 168 cm³/mol. The molecule has 1 aliphatic heterocycles. The molecular formula is C32H26Cl2N2O7S. The summed E-state index contributed by atoms with van der Waals surface area (Å²) in [4.78, 5) is 43.3. The first-order chi connectivity index (χ1) is 21.1. The van der Waals surface area contributed by atoms with Gasteiger partial charge in [0.15, 0.2) is 16.3 Å². The molecule has 1 aliphatic rings. The molecule has 1 atom stereocenters. The van der Waals surface area contributed by atoms with Crippen LogP contribution in [0.15, 0.2) is 81.7 Å². The molecule has 12 heteroatoms. The maximum Gasteiger partial charge on any atom is 0.338 e. The molecule has 4 aromatic rings. The van der Waals surface area contributed by atoms with Gasteiger partial charge >= 0.3 is 11.9 Å². The van der Waals surface area contributed by atoms with Gasteiger partial charge in [-0.25, -0.2) is 14.6 Å². The van der Waals surface area contributed by atoms with E-state index in [1.807, 2.05) is 0 Å². The summed E-state index contributed by atoms with van der Waals surface area (Å²) in [6.07, 6.45) is 1.67. The number of halogens is 2. The predicted octanol–water partition coefficient (Wildman–Crippen LogP) is 5.39. The van der Waals surface area contributed by atoms with Crippen molar-refractivity contribution in [3.8, 4) is 11.5 Å². The molecule has 0 radical (unpaired) electrons. The molecule has 0 bridgehead atoms. The molecule has 0 saturated heterocycles. The first-order valence-corrected chi connectivity index (χ1v) is 15.0. The van der Waals surface area contributed by atoms with Gasteiger partial charge in [-0.15, -0.1) is 0 Å². The van der Waals surface area contributed by atoms with Crippen LogP contribution in [0.5, 0.6) is 11.5 Å². The fourth-order valence-corrected chi connectivity index (χ4v) is 6.26. The number of aromatic nitrogens is 1. The number of aromatic carboxylic acids is 1. The molecule has 0 amide bonds. The van der Waals surface area contributed by atoms with Crippen molar-refractivity contribution in [1.82, 2.24) is 4.57 Å². The SMILES string of the molecule is CCOC(=O)C1=C(C)N=c2s/c(=C/c3cc(Cl)c(OCc4cccc(C(=O)O)c4)c(OC)c3)c(=O)n2[C@@H]1c1ccc(Cl)cc1. The fourth-order valence-electron chi connectivity index (χ4n) is 4.82. The number of allylic oxidation sites excluding steroid dienone is 1. The van der Waals surface area contributed by atoms with E-state index in [2.05, 4.69) is 4.99 Å². The summed E-state index contributed by atoms with van der Waals surface area (Å²) in [5.74, 6) is -0.995. The molecule has 44 heavy (non-hydrogen) atoms. The van der Waals surface area contributed by atoms with E-state index in [4.69, 9.17) is 37.4 Å². The highest BCUT2D eigenvalue weighted by molar-refractivity contribution is 7.07. The van der Waals surface area contributed by atoms with Crippen LogP contribution in [0, 0.1) is 0 Å². The zero-order chi connectivity index (χ0) is 31.5. The molecule has 0 aliphatic carbocycles. The topological polar surface area (TPSA) is 116 Å². The second-order valence-corrected chi connectivity index (χ2v) is 11.5. The molecule has 0 saturated carbocycles. The minimum atomic E-state index is -1.04. The largest absolute Gasteiger partial charge is 0.493 e. The number of carbonyl (C=O) groups excluding carboxylic acids is 1. The molecule has 5 rings (SSSR count). The molecule has 0 spiro atoms. The van der Waals surface area contributed by atoms with E-state index in [0.717, 1.165) is 0 Å². The smallest absolute Gasteiger partial charge is 0.338 e. The van der Waals surface area contributed by atoms with Crippen LogP contribution < -0.4 is 24.4 Å². The van der Waals surface area contributed by atoms with Crippen molar-refractivity contribution in [3.63, 3.8) is 0 Å². The number of hydrogen-bond acceptors (Lipinski definition) is 8. The van der Waals surface area contributed by atoms with Crippen LogP contribution in [0.1, 0.15) is 46.9 Å². The van der Waals surface area contributed by atoms with Crippen LogP contribution >= 0.6 is 34.5 Å². The monoisotopic (exact) mass is 652 g/mol. The third kappa shape index (κ3) is 6.28. The number of carboxylic acid groups (broad SMARTS) is 1. The molecule has 2 heterocycles. The standard InChI is InChI=1S/C32H26Cl2N2O7S/c1-4-42-31(40)26-17(2)35-32-36(27(26)20-8-10-22(33)11-9-20)29(37)25(44-32)15-19-13-23(34)28(24(14-19)41-3)43-16-18-6-5-7-21(12-18)30(38)39/h5-15,27H,4,16H2,1-3H3,(H,38,39)/b25-15+/t27-/m1/s1. The Morgan fingerprint density at radius 3 is 2.55 bits per heavy atom. The number of thiazole rings is 1. The molecule has 226 valence electrons. The minimum absolute atomic E-state index is 0.0575. The summed E-state index contributed by atoms with van der Waals surface area (Å²) in [6, 6.07) is 15.9. The number of carbonyl (C=O) groups is 2. The van der Waals surface area contributed by atoms with E-state index in [1.165, 1.54) is 35.1 Å². The molecule has 0 unspecified atom stereocenters. The lowest BCUT2D eigenvalue weighted by Gasteiger charge is -2.24. The van der Waals surface area contributed by atoms with Gasteiger partial charge in [0, 0.05) is 5.02 Å². The van der Waals surface area contributed by atoms with Crippen molar-refractivity contribution in [2.75, 3.05) is 13.7 Å². The average Bonchev–Trinajstić information content (AvgIpc) is 3.30. The van der Waals surface area contributed by atoms with E-state index >= 15 is 0 Å². The summed E-state index contributed by atoms with van der Waals surface area (Å²) in [5.41, 5.74) is 2.41. The van der Waals surface area contributed by atoms with Crippen molar-refractivity contribution >= 4 is 52.6 Å². The summed E-state index contributed by atoms with van der Waals surface area (Å²) in [6.45, 7) is 3.66. The number of fused-ring (bicyclic) bond motifs is 1. The van der Waals surface area contributed by atoms with Crippen LogP contribution in [-0.2, 0) is 16.1 Å². The number of rotatable bonds is 9. The highest BCUT2D eigenvalue weighted by Gasteiger charge is 2.33. The summed E-state index contributed by atoms with van der Waals surface area (Å²) in [7, 11) is 1.47. The number of nitrogens with zero attached hydrogens (tertiary/aromatic N) is 2. The van der Waals surface area contributed by atoms with Gasteiger partial charge in [-0.3, -0.25) is 9.36 Å². The maximum atomic E-state index is 13.9. The fraction of sp³-hybridized carbons (Fsp3) is 0.188. The van der Waals surface area contributed by atoms with Gasteiger partial charge in [0.25, 0.3) is 5.56 Å². The third-order valence-electron chi connectivity index (χ3n) is 6.81. The number of carboxylic acids is 1. The van der Waals surface area contributed by atoms with Crippen LogP contribution in [0.25, 0.3) is 6.08 Å². The minimum Gasteiger partial charge on any atom is -0.493 e. The second kappa shape index (κ2) is 13.1. The highest BCUT2D eigenvalue weighted by atomic mass is 35.5. The van der Waals surface area contributed by atoms with Crippen LogP contribution in [0.4, 0.5) is 0 Å². The Kier molecular flexibility index (Phi) is 9.24. The molecule has 0 fully saturated rings. The van der Waals surface area contributed by atoms with Crippen molar-refractivity contribution in [1.29, 1.82) is 0 Å². The number of benzene rings is 3. The summed E-state index contributed by atoms with van der Waals surface area (Å²) >= 11 is 13.9. The van der Waals surface area contributed by atoms with E-state index in [1.54, 1.807) is 68.5 Å². The van der Waals surface area contributed by atoms with Crippen molar-refractivity contribution < 1.29 is 28.9 Å². The lowest BCUT2D eigenvalue weighted by Crippen LogP contribution is -2.39. The lowest BCUT2D eigenvalue weighted by atomic mass is 9.96. The van der Waals surface area contributed by atoms with Crippen molar-refractivity contribution in [3.05, 3.63) is 124 Å². The van der Waals surface area contributed by atoms with Gasteiger partial charge in [0.1, 0.15) is 6.61 Å². The second-order valence-electron chi connectivity index (χ2n) is 9.68. The first-order valence-electron chi connectivity index (χ1n) is 13.4. The Hall–Kier alpha value is -4.38. The number of ether oxygens (including phenoxy) is 3. The molecule has 1 N–H and O–H groups in total. The van der Waals surface area contributed by atoms with Gasteiger partial charge in [0.05, 0.1) is 46.1 Å². The number of methoxy groups -OCH3 is 1. The summed E-state index contributed by atoms with van der Waals surface area (Å²) in [5, 5.41) is 10.0. The van der Waals surface area contributed by atoms with E-state index in [-0.39, 0.29) is 40.7 Å². The van der Waals surface area contributed by atoms with Gasteiger partial charge in [-0.1, -0.05) is 58.8 Å². The molecular weight excluding hydrogens is 627 g/mol. The average molecular weight is 654 g/mol. The van der Waals surface area contributed by atoms with Crippen molar-refractivity contribution in [2.45, 2.75) is 26.5 Å². The van der Waals surface area contributed by atoms with E-state index < -0.39 is 18.0 Å². The van der Waals surface area contributed by atoms with Gasteiger partial charge < -0.3 is 19.3 Å². The number of esters is 1. The molecule has 9 nitrogen and oxygen atoms in total. The molecule has 3 aromatic carbocycles. The summed E-state index contributed by atoms with van der Waals surface area (Å²) < 4.78 is 18.6. The highest BCUT2D eigenvalue weighted by Crippen LogP contribution is 2.37. The zero-order valence-corrected chi connectivity index (χ0v) is 26.1. The van der Waals surface area contributed by atoms with Crippen LogP contribution in [0.2, 0.25) is 10.0 Å². The van der Waals surface area contributed by atoms with Crippen LogP contribution in [-0.4, -0.2) is 35.3 Å². The van der Waals surface area contributed by atoms with Crippen molar-refractivity contribution in [2.24, 2.45) is 4.99 Å². The number of hydrogen-bond donors (Lipinski definition) is 1. The Bertz CT molecular complexity index is 1980. The Labute approximate surface area is 265 Å². The van der Waals surface area contributed by atoms with Gasteiger partial charge in [-0.2, -0.15) is 0 Å². The van der Waals surface area contributed by atoms with E-state index in [9.17, 15) is 19.5 Å². The Morgan fingerprint density at radius 1 is 1.11 bits per heavy atom. The zero-order valence-electron chi connectivity index (χ0n) is 23.8. The normalized spacial score (nSPS) is 14.6. The lowest BCUT2D eigenvalue weighted by molar-refractivity contribution is -0.139. The van der Waals surface area contributed by atoms with Crippen LogP contribution in [0.3, 0.4) is 0 Å².